The average molecular weight is 332 g/mol. The number of rotatable bonds is 4. The van der Waals surface area contributed by atoms with Crippen molar-refractivity contribution in [2.75, 3.05) is 33.7 Å². The van der Waals surface area contributed by atoms with E-state index in [4.69, 9.17) is 5.73 Å². The molecule has 0 spiro atoms. The summed E-state index contributed by atoms with van der Waals surface area (Å²) in [5, 5.41) is 2.13. The first-order valence-electron chi connectivity index (χ1n) is 6.38. The predicted octanol–water partition coefficient (Wildman–Crippen LogP) is 2.39. The van der Waals surface area contributed by atoms with E-state index in [-0.39, 0.29) is 0 Å². The lowest BCUT2D eigenvalue weighted by Gasteiger charge is -2.27. The molecule has 1 aliphatic heterocycles. The number of hydrogen-bond donors (Lipinski definition) is 1. The molecule has 1 aromatic heterocycles. The Morgan fingerprint density at radius 2 is 2.28 bits per heavy atom. The van der Waals surface area contributed by atoms with Crippen molar-refractivity contribution in [3.05, 3.63) is 20.8 Å². The summed E-state index contributed by atoms with van der Waals surface area (Å²) in [7, 11) is 4.34. The molecule has 1 aromatic rings. The maximum atomic E-state index is 6.01. The molecule has 1 aliphatic rings. The van der Waals surface area contributed by atoms with E-state index in [0.29, 0.717) is 24.5 Å². The predicted molar refractivity (Wildman–Crippen MR) is 82.0 cm³/mol. The summed E-state index contributed by atoms with van der Waals surface area (Å²) in [6.07, 6.45) is 0. The molecule has 3 nitrogen and oxygen atoms in total. The van der Waals surface area contributed by atoms with Gasteiger partial charge < -0.3 is 10.6 Å². The first-order valence-corrected chi connectivity index (χ1v) is 8.05. The minimum absolute atomic E-state index is 0.353. The third kappa shape index (κ3) is 2.80. The Hall–Kier alpha value is 0.0600. The SMILES string of the molecule is CC1CN(C(CN)c2sccc2Br)CC1N(C)C. The Kier molecular flexibility index (Phi) is 4.83. The second kappa shape index (κ2) is 6.01. The van der Waals surface area contributed by atoms with Crippen molar-refractivity contribution < 1.29 is 0 Å². The van der Waals surface area contributed by atoms with Crippen molar-refractivity contribution in [3.63, 3.8) is 0 Å². The van der Waals surface area contributed by atoms with E-state index in [1.54, 1.807) is 11.3 Å². The number of halogens is 1. The van der Waals surface area contributed by atoms with Crippen LogP contribution < -0.4 is 5.73 Å². The number of likely N-dealkylation sites (tertiary alicyclic amines) is 1. The molecule has 3 atom stereocenters. The summed E-state index contributed by atoms with van der Waals surface area (Å²) < 4.78 is 1.20. The molecule has 2 N–H and O–H groups in total. The number of hydrogen-bond acceptors (Lipinski definition) is 4. The van der Waals surface area contributed by atoms with Crippen molar-refractivity contribution in [3.8, 4) is 0 Å². The van der Waals surface area contributed by atoms with Gasteiger partial charge in [0, 0.05) is 35.0 Å². The highest BCUT2D eigenvalue weighted by Crippen LogP contribution is 2.35. The van der Waals surface area contributed by atoms with Crippen LogP contribution >= 0.6 is 27.3 Å². The Bertz CT molecular complexity index is 393. The van der Waals surface area contributed by atoms with Crippen LogP contribution in [0.2, 0.25) is 0 Å². The van der Waals surface area contributed by atoms with Gasteiger partial charge in [0.15, 0.2) is 0 Å². The highest BCUT2D eigenvalue weighted by atomic mass is 79.9. The minimum Gasteiger partial charge on any atom is -0.329 e. The molecule has 3 unspecified atom stereocenters. The molecule has 2 heterocycles. The summed E-state index contributed by atoms with van der Waals surface area (Å²) in [6, 6.07) is 3.11. The number of thiophene rings is 1. The summed E-state index contributed by atoms with van der Waals surface area (Å²) in [6.45, 7) is 5.27. The van der Waals surface area contributed by atoms with Gasteiger partial charge in [-0.2, -0.15) is 0 Å². The third-order valence-corrected chi connectivity index (χ3v) is 5.85. The van der Waals surface area contributed by atoms with E-state index >= 15 is 0 Å². The number of nitrogens with zero attached hydrogens (tertiary/aromatic N) is 2. The summed E-state index contributed by atoms with van der Waals surface area (Å²) in [4.78, 5) is 6.23. The second-order valence-electron chi connectivity index (χ2n) is 5.35. The molecule has 0 aliphatic carbocycles. The number of likely N-dealkylation sites (N-methyl/N-ethyl adjacent to an activating group) is 1. The van der Waals surface area contributed by atoms with Gasteiger partial charge in [0.25, 0.3) is 0 Å². The highest BCUT2D eigenvalue weighted by molar-refractivity contribution is 9.10. The van der Waals surface area contributed by atoms with Gasteiger partial charge in [0.1, 0.15) is 0 Å². The minimum atomic E-state index is 0.353. The Balaban J connectivity index is 2.14. The fourth-order valence-corrected chi connectivity index (χ4v) is 4.66. The molecular weight excluding hydrogens is 310 g/mol. The van der Waals surface area contributed by atoms with Crippen LogP contribution in [0.5, 0.6) is 0 Å². The van der Waals surface area contributed by atoms with Gasteiger partial charge in [-0.25, -0.2) is 0 Å². The molecule has 0 amide bonds. The summed E-state index contributed by atoms with van der Waals surface area (Å²) in [5.41, 5.74) is 6.01. The zero-order valence-corrected chi connectivity index (χ0v) is 13.7. The summed E-state index contributed by atoms with van der Waals surface area (Å²) >= 11 is 5.43. The van der Waals surface area contributed by atoms with E-state index in [1.807, 2.05) is 0 Å². The molecule has 0 radical (unpaired) electrons. The topological polar surface area (TPSA) is 32.5 Å². The molecule has 18 heavy (non-hydrogen) atoms. The standard InChI is InChI=1S/C13H22BrN3S/c1-9-7-17(8-12(9)16(2)3)11(6-15)13-10(14)4-5-18-13/h4-5,9,11-12H,6-8,15H2,1-3H3. The van der Waals surface area contributed by atoms with Gasteiger partial charge in [0.2, 0.25) is 0 Å². The van der Waals surface area contributed by atoms with Gasteiger partial charge in [-0.05, 0) is 47.4 Å². The smallest absolute Gasteiger partial charge is 0.0576 e. The summed E-state index contributed by atoms with van der Waals surface area (Å²) in [5.74, 6) is 0.702. The molecule has 0 bridgehead atoms. The van der Waals surface area contributed by atoms with Crippen LogP contribution in [-0.2, 0) is 0 Å². The fourth-order valence-electron chi connectivity index (χ4n) is 2.88. The largest absolute Gasteiger partial charge is 0.329 e. The van der Waals surface area contributed by atoms with Crippen LogP contribution in [-0.4, -0.2) is 49.6 Å². The van der Waals surface area contributed by atoms with Gasteiger partial charge in [-0.1, -0.05) is 6.92 Å². The highest BCUT2D eigenvalue weighted by Gasteiger charge is 2.35. The maximum absolute atomic E-state index is 6.01. The van der Waals surface area contributed by atoms with Crippen LogP contribution in [0.3, 0.4) is 0 Å². The molecule has 0 saturated carbocycles. The lowest BCUT2D eigenvalue weighted by Crippen LogP contribution is -2.36. The maximum Gasteiger partial charge on any atom is 0.0576 e. The normalized spacial score (nSPS) is 27.0. The van der Waals surface area contributed by atoms with Crippen molar-refractivity contribution in [1.29, 1.82) is 0 Å². The monoisotopic (exact) mass is 331 g/mol. The van der Waals surface area contributed by atoms with Crippen LogP contribution in [0.15, 0.2) is 15.9 Å². The lowest BCUT2D eigenvalue weighted by atomic mass is 10.1. The first kappa shape index (κ1) is 14.5. The van der Waals surface area contributed by atoms with Gasteiger partial charge in [0.05, 0.1) is 6.04 Å². The van der Waals surface area contributed by atoms with Crippen LogP contribution in [0, 0.1) is 5.92 Å². The van der Waals surface area contributed by atoms with Crippen LogP contribution in [0.25, 0.3) is 0 Å². The molecule has 102 valence electrons. The van der Waals surface area contributed by atoms with Crippen molar-refractivity contribution >= 4 is 27.3 Å². The van der Waals surface area contributed by atoms with Gasteiger partial charge in [-0.3, -0.25) is 4.90 Å². The van der Waals surface area contributed by atoms with Gasteiger partial charge in [-0.15, -0.1) is 11.3 Å². The van der Waals surface area contributed by atoms with Crippen molar-refractivity contribution in [1.82, 2.24) is 9.80 Å². The quantitative estimate of drug-likeness (QED) is 0.919. The van der Waals surface area contributed by atoms with E-state index in [2.05, 4.69) is 58.2 Å². The number of nitrogens with two attached hydrogens (primary N) is 1. The van der Waals surface area contributed by atoms with Crippen molar-refractivity contribution in [2.45, 2.75) is 19.0 Å². The Labute approximate surface area is 122 Å². The van der Waals surface area contributed by atoms with Gasteiger partial charge >= 0.3 is 0 Å². The third-order valence-electron chi connectivity index (χ3n) is 3.88. The van der Waals surface area contributed by atoms with Crippen molar-refractivity contribution in [2.24, 2.45) is 11.7 Å². The molecule has 1 fully saturated rings. The Morgan fingerprint density at radius 1 is 1.56 bits per heavy atom. The fraction of sp³-hybridized carbons (Fsp3) is 0.692. The molecule has 0 aromatic carbocycles. The Morgan fingerprint density at radius 3 is 2.72 bits per heavy atom. The lowest BCUT2D eigenvalue weighted by molar-refractivity contribution is 0.221. The van der Waals surface area contributed by atoms with E-state index in [9.17, 15) is 0 Å². The molecule has 5 heteroatoms. The van der Waals surface area contributed by atoms with E-state index in [0.717, 1.165) is 13.1 Å². The second-order valence-corrected chi connectivity index (χ2v) is 7.15. The molecular formula is C13H22BrN3S. The zero-order chi connectivity index (χ0) is 13.3. The zero-order valence-electron chi connectivity index (χ0n) is 11.3. The van der Waals surface area contributed by atoms with E-state index < -0.39 is 0 Å². The van der Waals surface area contributed by atoms with Crippen LogP contribution in [0.1, 0.15) is 17.8 Å². The van der Waals surface area contributed by atoms with Crippen LogP contribution in [0.4, 0.5) is 0 Å². The average Bonchev–Trinajstić information content (AvgIpc) is 2.88. The molecule has 2 rings (SSSR count). The molecule has 1 saturated heterocycles. The first-order chi connectivity index (χ1) is 8.54. The van der Waals surface area contributed by atoms with E-state index in [1.165, 1.54) is 9.35 Å².